The summed E-state index contributed by atoms with van der Waals surface area (Å²) in [4.78, 5) is 18.3. The third kappa shape index (κ3) is 1.30. The Bertz CT molecular complexity index is 684. The maximum atomic E-state index is 11.7. The minimum atomic E-state index is -0.189. The fraction of sp³-hybridized carbons (Fsp3) is 0. The summed E-state index contributed by atoms with van der Waals surface area (Å²) in [6.45, 7) is 0. The van der Waals surface area contributed by atoms with E-state index < -0.39 is 0 Å². The van der Waals surface area contributed by atoms with Crippen molar-refractivity contribution in [2.75, 3.05) is 0 Å². The zero-order valence-corrected chi connectivity index (χ0v) is 8.29. The minimum absolute atomic E-state index is 0.189. The number of nitrogens with zero attached hydrogens (tertiary/aromatic N) is 3. The summed E-state index contributed by atoms with van der Waals surface area (Å²) in [7, 11) is 0. The highest BCUT2D eigenvalue weighted by Crippen LogP contribution is 2.11. The molecule has 0 fully saturated rings. The summed E-state index contributed by atoms with van der Waals surface area (Å²) in [6.07, 6.45) is 3.00. The van der Waals surface area contributed by atoms with Crippen LogP contribution in [0.4, 0.5) is 0 Å². The lowest BCUT2D eigenvalue weighted by molar-refractivity contribution is 0.889. The molecule has 0 saturated heterocycles. The molecule has 2 heterocycles. The van der Waals surface area contributed by atoms with Gasteiger partial charge in [0.25, 0.3) is 5.56 Å². The molecule has 3 aromatic rings. The number of fused-ring (bicyclic) bond motifs is 1. The number of nitrogens with one attached hydrogen (secondary N) is 1. The molecule has 3 rings (SSSR count). The van der Waals surface area contributed by atoms with Crippen LogP contribution in [0.5, 0.6) is 0 Å². The summed E-state index contributed by atoms with van der Waals surface area (Å²) in [5, 5.41) is 4.26. The number of aromatic amines is 1. The van der Waals surface area contributed by atoms with Gasteiger partial charge >= 0.3 is 0 Å². The summed E-state index contributed by atoms with van der Waals surface area (Å²) in [5.41, 5.74) is 1.13. The van der Waals surface area contributed by atoms with Gasteiger partial charge in [-0.2, -0.15) is 0 Å². The lowest BCUT2D eigenvalue weighted by Gasteiger charge is -2.00. The second kappa shape index (κ2) is 3.30. The molecule has 0 bridgehead atoms. The van der Waals surface area contributed by atoms with Gasteiger partial charge in [-0.25, -0.2) is 9.50 Å². The zero-order valence-electron chi connectivity index (χ0n) is 8.29. The highest BCUT2D eigenvalue weighted by Gasteiger charge is 2.04. The van der Waals surface area contributed by atoms with Crippen molar-refractivity contribution in [1.29, 1.82) is 0 Å². The standard InChI is InChI=1S/C11H8N4O/c16-11-9-6-12-7-15(9)14-10(13-11)8-4-2-1-3-5-8/h1-7H,(H,13,14,16). The first kappa shape index (κ1) is 8.84. The number of imidazole rings is 1. The number of rotatable bonds is 1. The van der Waals surface area contributed by atoms with Gasteiger partial charge < -0.3 is 4.98 Å². The first-order chi connectivity index (χ1) is 7.84. The molecule has 0 aliphatic heterocycles. The smallest absolute Gasteiger partial charge is 0.277 e. The van der Waals surface area contributed by atoms with Crippen LogP contribution in [0, 0.1) is 0 Å². The van der Waals surface area contributed by atoms with Crippen molar-refractivity contribution >= 4 is 5.52 Å². The molecular weight excluding hydrogens is 204 g/mol. The van der Waals surface area contributed by atoms with E-state index in [0.717, 1.165) is 5.56 Å². The maximum Gasteiger partial charge on any atom is 0.277 e. The lowest BCUT2D eigenvalue weighted by Crippen LogP contribution is -2.12. The van der Waals surface area contributed by atoms with Crippen LogP contribution >= 0.6 is 0 Å². The molecule has 5 nitrogen and oxygen atoms in total. The molecule has 0 aliphatic carbocycles. The summed E-state index contributed by atoms with van der Waals surface area (Å²) < 4.78 is 1.47. The Morgan fingerprint density at radius 1 is 1.19 bits per heavy atom. The third-order valence-corrected chi connectivity index (χ3v) is 2.34. The summed E-state index contributed by atoms with van der Waals surface area (Å²) in [5.74, 6) is 0.538. The van der Waals surface area contributed by atoms with E-state index in [1.54, 1.807) is 0 Å². The number of hydrogen-bond donors (Lipinski definition) is 1. The molecule has 78 valence electrons. The van der Waals surface area contributed by atoms with Crippen molar-refractivity contribution in [3.8, 4) is 11.4 Å². The van der Waals surface area contributed by atoms with E-state index in [0.29, 0.717) is 11.3 Å². The van der Waals surface area contributed by atoms with Gasteiger partial charge in [-0.1, -0.05) is 30.3 Å². The van der Waals surface area contributed by atoms with E-state index in [-0.39, 0.29) is 5.56 Å². The van der Waals surface area contributed by atoms with E-state index in [1.165, 1.54) is 17.0 Å². The Morgan fingerprint density at radius 2 is 2.00 bits per heavy atom. The van der Waals surface area contributed by atoms with Crippen molar-refractivity contribution in [1.82, 2.24) is 19.6 Å². The van der Waals surface area contributed by atoms with Crippen LogP contribution in [-0.2, 0) is 0 Å². The maximum absolute atomic E-state index is 11.7. The average molecular weight is 212 g/mol. The molecule has 0 aliphatic rings. The Labute approximate surface area is 90.4 Å². The molecule has 1 N–H and O–H groups in total. The Kier molecular flexibility index (Phi) is 1.83. The van der Waals surface area contributed by atoms with Crippen molar-refractivity contribution in [2.24, 2.45) is 0 Å². The van der Waals surface area contributed by atoms with Crippen LogP contribution in [0.25, 0.3) is 16.9 Å². The molecular formula is C11H8N4O. The molecule has 0 unspecified atom stereocenters. The Morgan fingerprint density at radius 3 is 2.81 bits per heavy atom. The zero-order chi connectivity index (χ0) is 11.0. The number of H-pyrrole nitrogens is 1. The van der Waals surface area contributed by atoms with Crippen LogP contribution in [-0.4, -0.2) is 19.6 Å². The number of hydrogen-bond acceptors (Lipinski definition) is 3. The monoisotopic (exact) mass is 212 g/mol. The number of aromatic nitrogens is 4. The van der Waals surface area contributed by atoms with E-state index >= 15 is 0 Å². The van der Waals surface area contributed by atoms with Gasteiger partial charge in [-0.05, 0) is 0 Å². The van der Waals surface area contributed by atoms with Gasteiger partial charge in [0.1, 0.15) is 11.8 Å². The fourth-order valence-corrected chi connectivity index (χ4v) is 1.56. The van der Waals surface area contributed by atoms with Crippen LogP contribution in [0.2, 0.25) is 0 Å². The molecule has 0 amide bonds. The van der Waals surface area contributed by atoms with E-state index in [4.69, 9.17) is 0 Å². The van der Waals surface area contributed by atoms with E-state index in [1.807, 2.05) is 30.3 Å². The average Bonchev–Trinajstić information content (AvgIpc) is 2.79. The molecule has 5 heteroatoms. The fourth-order valence-electron chi connectivity index (χ4n) is 1.56. The first-order valence-electron chi connectivity index (χ1n) is 4.83. The van der Waals surface area contributed by atoms with Crippen molar-refractivity contribution in [3.05, 3.63) is 53.2 Å². The minimum Gasteiger partial charge on any atom is -0.303 e. The molecule has 0 saturated carbocycles. The topological polar surface area (TPSA) is 63.0 Å². The van der Waals surface area contributed by atoms with Gasteiger partial charge in [0.05, 0.1) is 6.20 Å². The van der Waals surface area contributed by atoms with Crippen molar-refractivity contribution < 1.29 is 0 Å². The van der Waals surface area contributed by atoms with E-state index in [9.17, 15) is 4.79 Å². The predicted octanol–water partition coefficient (Wildman–Crippen LogP) is 1.08. The quantitative estimate of drug-likeness (QED) is 0.656. The Hall–Kier alpha value is -2.43. The van der Waals surface area contributed by atoms with Crippen LogP contribution in [0.15, 0.2) is 47.7 Å². The van der Waals surface area contributed by atoms with Gasteiger partial charge in [-0.3, -0.25) is 4.79 Å². The highest BCUT2D eigenvalue weighted by molar-refractivity contribution is 5.55. The Balaban J connectivity index is 2.30. The highest BCUT2D eigenvalue weighted by atomic mass is 16.1. The van der Waals surface area contributed by atoms with Crippen LogP contribution < -0.4 is 5.56 Å². The summed E-state index contributed by atoms with van der Waals surface area (Å²) >= 11 is 0. The second-order valence-electron chi connectivity index (χ2n) is 3.39. The largest absolute Gasteiger partial charge is 0.303 e. The van der Waals surface area contributed by atoms with Crippen molar-refractivity contribution in [2.45, 2.75) is 0 Å². The second-order valence-corrected chi connectivity index (χ2v) is 3.39. The van der Waals surface area contributed by atoms with Gasteiger partial charge in [0.15, 0.2) is 5.82 Å². The van der Waals surface area contributed by atoms with Crippen molar-refractivity contribution in [3.63, 3.8) is 0 Å². The van der Waals surface area contributed by atoms with Crippen LogP contribution in [0.1, 0.15) is 0 Å². The molecule has 2 aromatic heterocycles. The first-order valence-corrected chi connectivity index (χ1v) is 4.83. The van der Waals surface area contributed by atoms with Gasteiger partial charge in [-0.15, -0.1) is 5.10 Å². The predicted molar refractivity (Wildman–Crippen MR) is 59.0 cm³/mol. The van der Waals surface area contributed by atoms with Gasteiger partial charge in [0, 0.05) is 5.56 Å². The molecule has 0 spiro atoms. The normalized spacial score (nSPS) is 10.8. The molecule has 1 aromatic carbocycles. The molecule has 0 atom stereocenters. The van der Waals surface area contributed by atoms with E-state index in [2.05, 4.69) is 15.1 Å². The van der Waals surface area contributed by atoms with Crippen LogP contribution in [0.3, 0.4) is 0 Å². The SMILES string of the molecule is O=c1[nH]c(-c2ccccc2)nn2cncc12. The third-order valence-electron chi connectivity index (χ3n) is 2.34. The van der Waals surface area contributed by atoms with Gasteiger partial charge in [0.2, 0.25) is 0 Å². The summed E-state index contributed by atoms with van der Waals surface area (Å²) in [6, 6.07) is 9.49. The lowest BCUT2D eigenvalue weighted by atomic mass is 10.2. The molecule has 0 radical (unpaired) electrons. The number of benzene rings is 1. The molecule has 16 heavy (non-hydrogen) atoms.